The lowest BCUT2D eigenvalue weighted by Gasteiger charge is -2.26. The average Bonchev–Trinajstić information content (AvgIpc) is 2.49. The molecule has 1 heterocycles. The number of carbonyl (C=O) groups excluding carboxylic acids is 2. The van der Waals surface area contributed by atoms with E-state index in [9.17, 15) is 9.59 Å². The second-order valence-corrected chi connectivity index (χ2v) is 5.09. The van der Waals surface area contributed by atoms with Crippen molar-refractivity contribution < 1.29 is 19.1 Å². The van der Waals surface area contributed by atoms with Gasteiger partial charge in [0.1, 0.15) is 0 Å². The van der Waals surface area contributed by atoms with Crippen LogP contribution in [0.3, 0.4) is 0 Å². The van der Waals surface area contributed by atoms with Crippen LogP contribution < -0.4 is 5.73 Å². The first-order chi connectivity index (χ1) is 9.99. The number of aryl methyl sites for hydroxylation is 2. The van der Waals surface area contributed by atoms with Crippen LogP contribution in [-0.2, 0) is 14.3 Å². The van der Waals surface area contributed by atoms with Crippen molar-refractivity contribution in [1.82, 2.24) is 4.90 Å². The summed E-state index contributed by atoms with van der Waals surface area (Å²) in [6.07, 6.45) is 0. The monoisotopic (exact) mass is 292 g/mol. The Kier molecular flexibility index (Phi) is 4.80. The highest BCUT2D eigenvalue weighted by Crippen LogP contribution is 2.18. The molecule has 2 N–H and O–H groups in total. The fraction of sp³-hybridized carbons (Fsp3) is 0.467. The van der Waals surface area contributed by atoms with Crippen LogP contribution in [0.1, 0.15) is 21.5 Å². The minimum Gasteiger partial charge on any atom is -0.452 e. The summed E-state index contributed by atoms with van der Waals surface area (Å²) in [5.41, 5.74) is 8.43. The Morgan fingerprint density at radius 3 is 2.57 bits per heavy atom. The molecule has 2 rings (SSSR count). The van der Waals surface area contributed by atoms with Crippen LogP contribution in [0.5, 0.6) is 0 Å². The Morgan fingerprint density at radius 2 is 1.90 bits per heavy atom. The van der Waals surface area contributed by atoms with E-state index in [1.54, 1.807) is 11.0 Å². The predicted molar refractivity (Wildman–Crippen MR) is 78.0 cm³/mol. The lowest BCUT2D eigenvalue weighted by molar-refractivity contribution is -0.138. The van der Waals surface area contributed by atoms with Crippen molar-refractivity contribution in [2.45, 2.75) is 13.8 Å². The predicted octanol–water partition coefficient (Wildman–Crippen LogP) is 0.901. The van der Waals surface area contributed by atoms with E-state index in [1.807, 2.05) is 19.9 Å². The molecule has 1 aromatic rings. The number of hydrogen-bond acceptors (Lipinski definition) is 5. The number of nitrogen functional groups attached to an aromatic ring is 1. The van der Waals surface area contributed by atoms with Gasteiger partial charge in [0.05, 0.1) is 18.8 Å². The molecule has 0 saturated carbocycles. The molecule has 0 spiro atoms. The normalized spacial score (nSPS) is 14.9. The smallest absolute Gasteiger partial charge is 0.338 e. The summed E-state index contributed by atoms with van der Waals surface area (Å²) < 4.78 is 10.3. The maximum Gasteiger partial charge on any atom is 0.338 e. The van der Waals surface area contributed by atoms with Gasteiger partial charge in [-0.25, -0.2) is 4.79 Å². The molecule has 1 aliphatic heterocycles. The van der Waals surface area contributed by atoms with Crippen molar-refractivity contribution in [1.29, 1.82) is 0 Å². The Hall–Kier alpha value is -2.08. The highest BCUT2D eigenvalue weighted by molar-refractivity contribution is 5.93. The van der Waals surface area contributed by atoms with Gasteiger partial charge in [0, 0.05) is 18.8 Å². The first-order valence-corrected chi connectivity index (χ1v) is 6.88. The Bertz CT molecular complexity index is 551. The van der Waals surface area contributed by atoms with Crippen LogP contribution in [-0.4, -0.2) is 49.7 Å². The summed E-state index contributed by atoms with van der Waals surface area (Å²) in [5, 5.41) is 0. The van der Waals surface area contributed by atoms with E-state index < -0.39 is 5.97 Å². The number of esters is 1. The Balaban J connectivity index is 1.95. The largest absolute Gasteiger partial charge is 0.452 e. The summed E-state index contributed by atoms with van der Waals surface area (Å²) >= 11 is 0. The van der Waals surface area contributed by atoms with E-state index in [-0.39, 0.29) is 12.5 Å². The topological polar surface area (TPSA) is 81.9 Å². The van der Waals surface area contributed by atoms with Crippen LogP contribution in [0.25, 0.3) is 0 Å². The van der Waals surface area contributed by atoms with E-state index >= 15 is 0 Å². The number of rotatable bonds is 3. The van der Waals surface area contributed by atoms with Gasteiger partial charge >= 0.3 is 5.97 Å². The number of morpholine rings is 1. The van der Waals surface area contributed by atoms with Gasteiger partial charge in [0.25, 0.3) is 5.91 Å². The average molecular weight is 292 g/mol. The number of benzene rings is 1. The number of nitrogens with zero attached hydrogens (tertiary/aromatic N) is 1. The van der Waals surface area contributed by atoms with E-state index in [4.69, 9.17) is 15.2 Å². The number of nitrogens with two attached hydrogens (primary N) is 1. The van der Waals surface area contributed by atoms with E-state index in [0.29, 0.717) is 37.6 Å². The molecule has 0 aliphatic carbocycles. The second-order valence-electron chi connectivity index (χ2n) is 5.09. The number of amides is 1. The summed E-state index contributed by atoms with van der Waals surface area (Å²) in [7, 11) is 0. The molecule has 114 valence electrons. The molecular formula is C15H20N2O4. The molecule has 1 aliphatic rings. The molecule has 1 amide bonds. The lowest BCUT2D eigenvalue weighted by atomic mass is 10.0. The van der Waals surface area contributed by atoms with E-state index in [1.165, 1.54) is 0 Å². The van der Waals surface area contributed by atoms with Crippen molar-refractivity contribution in [3.63, 3.8) is 0 Å². The number of hydrogen-bond donors (Lipinski definition) is 1. The number of carbonyl (C=O) groups is 2. The Morgan fingerprint density at radius 1 is 1.24 bits per heavy atom. The van der Waals surface area contributed by atoms with Gasteiger partial charge in [-0.05, 0) is 31.0 Å². The molecule has 0 unspecified atom stereocenters. The van der Waals surface area contributed by atoms with Crippen LogP contribution in [0.4, 0.5) is 5.69 Å². The molecule has 0 bridgehead atoms. The van der Waals surface area contributed by atoms with Crippen LogP contribution in [0.2, 0.25) is 0 Å². The first-order valence-electron chi connectivity index (χ1n) is 6.88. The van der Waals surface area contributed by atoms with Crippen molar-refractivity contribution >= 4 is 17.6 Å². The van der Waals surface area contributed by atoms with Crippen molar-refractivity contribution in [3.8, 4) is 0 Å². The minimum absolute atomic E-state index is 0.204. The van der Waals surface area contributed by atoms with Crippen molar-refractivity contribution in [3.05, 3.63) is 28.8 Å². The number of ether oxygens (including phenoxy) is 2. The first kappa shape index (κ1) is 15.3. The van der Waals surface area contributed by atoms with Crippen LogP contribution >= 0.6 is 0 Å². The van der Waals surface area contributed by atoms with E-state index in [0.717, 1.165) is 11.1 Å². The van der Waals surface area contributed by atoms with Gasteiger partial charge in [-0.3, -0.25) is 4.79 Å². The van der Waals surface area contributed by atoms with Crippen LogP contribution in [0.15, 0.2) is 12.1 Å². The highest BCUT2D eigenvalue weighted by atomic mass is 16.5. The molecule has 6 heteroatoms. The zero-order valence-electron chi connectivity index (χ0n) is 12.3. The third-order valence-electron chi connectivity index (χ3n) is 3.52. The highest BCUT2D eigenvalue weighted by Gasteiger charge is 2.19. The maximum absolute atomic E-state index is 12.0. The molecular weight excluding hydrogens is 272 g/mol. The number of anilines is 1. The molecule has 0 atom stereocenters. The summed E-state index contributed by atoms with van der Waals surface area (Å²) in [4.78, 5) is 25.6. The third-order valence-corrected chi connectivity index (χ3v) is 3.52. The maximum atomic E-state index is 12.0. The molecule has 1 aromatic carbocycles. The van der Waals surface area contributed by atoms with Gasteiger partial charge in [0.15, 0.2) is 6.61 Å². The second kappa shape index (κ2) is 6.58. The van der Waals surface area contributed by atoms with E-state index in [2.05, 4.69) is 0 Å². The van der Waals surface area contributed by atoms with Gasteiger partial charge < -0.3 is 20.1 Å². The fourth-order valence-electron chi connectivity index (χ4n) is 2.20. The van der Waals surface area contributed by atoms with Crippen molar-refractivity contribution in [2.75, 3.05) is 38.6 Å². The summed E-state index contributed by atoms with van der Waals surface area (Å²) in [6, 6.07) is 3.42. The van der Waals surface area contributed by atoms with Gasteiger partial charge in [-0.2, -0.15) is 0 Å². The van der Waals surface area contributed by atoms with Gasteiger partial charge in [-0.1, -0.05) is 6.07 Å². The zero-order chi connectivity index (χ0) is 15.4. The fourth-order valence-corrected chi connectivity index (χ4v) is 2.20. The molecule has 6 nitrogen and oxygen atoms in total. The third kappa shape index (κ3) is 3.72. The molecule has 0 radical (unpaired) electrons. The molecule has 1 fully saturated rings. The van der Waals surface area contributed by atoms with Gasteiger partial charge in [0.2, 0.25) is 0 Å². The summed E-state index contributed by atoms with van der Waals surface area (Å²) in [6.45, 7) is 5.54. The lowest BCUT2D eigenvalue weighted by Crippen LogP contribution is -2.42. The van der Waals surface area contributed by atoms with Gasteiger partial charge in [-0.15, -0.1) is 0 Å². The molecule has 1 saturated heterocycles. The standard InChI is InChI=1S/C15H20N2O4/c1-10-7-11(2)13(16)8-12(10)15(19)21-9-14(18)17-3-5-20-6-4-17/h7-8H,3-6,9,16H2,1-2H3. The summed E-state index contributed by atoms with van der Waals surface area (Å²) in [5.74, 6) is -0.731. The molecule has 0 aromatic heterocycles. The Labute approximate surface area is 123 Å². The SMILES string of the molecule is Cc1cc(C)c(C(=O)OCC(=O)N2CCOCC2)cc1N. The van der Waals surface area contributed by atoms with Crippen LogP contribution in [0, 0.1) is 13.8 Å². The molecule has 21 heavy (non-hydrogen) atoms. The zero-order valence-corrected chi connectivity index (χ0v) is 12.3. The quantitative estimate of drug-likeness (QED) is 0.661. The minimum atomic E-state index is -0.527. The van der Waals surface area contributed by atoms with Crippen molar-refractivity contribution in [2.24, 2.45) is 0 Å².